The summed E-state index contributed by atoms with van der Waals surface area (Å²) in [6.45, 7) is 5.45. The lowest BCUT2D eigenvalue weighted by atomic mass is 10.1. The van der Waals surface area contributed by atoms with Crippen LogP contribution in [-0.2, 0) is 9.53 Å². The average Bonchev–Trinajstić information content (AvgIpc) is 3.43. The number of amides is 1. The molecule has 2 fully saturated rings. The summed E-state index contributed by atoms with van der Waals surface area (Å²) < 4.78 is 10.4. The lowest BCUT2D eigenvalue weighted by Crippen LogP contribution is -2.37. The van der Waals surface area contributed by atoms with Gasteiger partial charge in [0.25, 0.3) is 0 Å². The van der Waals surface area contributed by atoms with Crippen LogP contribution in [0.2, 0.25) is 0 Å². The minimum atomic E-state index is 0.170. The first kappa shape index (κ1) is 17.2. The second kappa shape index (κ2) is 7.99. The molecule has 2 atom stereocenters. The van der Waals surface area contributed by atoms with Crippen LogP contribution in [0.25, 0.3) is 0 Å². The molecule has 24 heavy (non-hydrogen) atoms. The maximum absolute atomic E-state index is 12.8. The van der Waals surface area contributed by atoms with Gasteiger partial charge in [-0.15, -0.1) is 0 Å². The molecule has 0 bridgehead atoms. The Morgan fingerprint density at radius 3 is 2.62 bits per heavy atom. The number of carbonyl (C=O) groups excluding carboxylic acids is 1. The summed E-state index contributed by atoms with van der Waals surface area (Å²) in [5, 5.41) is 0. The van der Waals surface area contributed by atoms with Crippen molar-refractivity contribution >= 4 is 5.91 Å². The Balaban J connectivity index is 1.52. The van der Waals surface area contributed by atoms with Crippen molar-refractivity contribution in [3.05, 3.63) is 29.8 Å². The molecular formula is C19H28N2O3. The summed E-state index contributed by atoms with van der Waals surface area (Å²) in [4.78, 5) is 17.3. The fourth-order valence-corrected chi connectivity index (χ4v) is 3.56. The first-order valence-corrected chi connectivity index (χ1v) is 8.87. The van der Waals surface area contributed by atoms with Crippen molar-refractivity contribution < 1.29 is 14.3 Å². The number of hydrogen-bond donors (Lipinski definition) is 0. The van der Waals surface area contributed by atoms with Gasteiger partial charge in [-0.1, -0.05) is 12.1 Å². The molecule has 0 radical (unpaired) electrons. The van der Waals surface area contributed by atoms with E-state index in [1.54, 1.807) is 14.2 Å². The predicted molar refractivity (Wildman–Crippen MR) is 93.4 cm³/mol. The van der Waals surface area contributed by atoms with Gasteiger partial charge in [-0.3, -0.25) is 9.69 Å². The van der Waals surface area contributed by atoms with Gasteiger partial charge in [0.05, 0.1) is 13.7 Å². The summed E-state index contributed by atoms with van der Waals surface area (Å²) >= 11 is 0. The van der Waals surface area contributed by atoms with Crippen LogP contribution in [-0.4, -0.2) is 69.3 Å². The van der Waals surface area contributed by atoms with Gasteiger partial charge in [0.1, 0.15) is 5.75 Å². The van der Waals surface area contributed by atoms with E-state index in [2.05, 4.69) is 21.9 Å². The minimum Gasteiger partial charge on any atom is -0.497 e. The van der Waals surface area contributed by atoms with E-state index in [9.17, 15) is 4.79 Å². The lowest BCUT2D eigenvalue weighted by Gasteiger charge is -2.22. The molecule has 1 aromatic rings. The van der Waals surface area contributed by atoms with Gasteiger partial charge < -0.3 is 14.4 Å². The second-order valence-corrected chi connectivity index (χ2v) is 6.74. The number of ether oxygens (including phenoxy) is 2. The molecule has 3 rings (SSSR count). The van der Waals surface area contributed by atoms with Crippen LogP contribution in [0.3, 0.4) is 0 Å². The topological polar surface area (TPSA) is 42.0 Å². The van der Waals surface area contributed by atoms with E-state index in [1.165, 1.54) is 5.56 Å². The lowest BCUT2D eigenvalue weighted by molar-refractivity contribution is -0.132. The van der Waals surface area contributed by atoms with Crippen molar-refractivity contribution in [1.29, 1.82) is 0 Å². The molecule has 5 heteroatoms. The van der Waals surface area contributed by atoms with Gasteiger partial charge in [-0.2, -0.15) is 0 Å². The maximum Gasteiger partial charge on any atom is 0.226 e. The van der Waals surface area contributed by atoms with E-state index < -0.39 is 0 Å². The molecule has 1 aliphatic heterocycles. The van der Waals surface area contributed by atoms with Crippen LogP contribution >= 0.6 is 0 Å². The van der Waals surface area contributed by atoms with Crippen LogP contribution in [0.5, 0.6) is 5.75 Å². The Kier molecular flexibility index (Phi) is 5.74. The van der Waals surface area contributed by atoms with E-state index in [4.69, 9.17) is 9.47 Å². The number of methoxy groups -OCH3 is 2. The van der Waals surface area contributed by atoms with Crippen LogP contribution < -0.4 is 4.74 Å². The molecule has 132 valence electrons. The molecule has 0 unspecified atom stereocenters. The highest BCUT2D eigenvalue weighted by molar-refractivity contribution is 5.83. The Bertz CT molecular complexity index is 546. The van der Waals surface area contributed by atoms with Crippen molar-refractivity contribution in [3.8, 4) is 5.75 Å². The largest absolute Gasteiger partial charge is 0.497 e. The van der Waals surface area contributed by atoms with E-state index in [1.807, 2.05) is 12.1 Å². The number of hydrogen-bond acceptors (Lipinski definition) is 4. The first-order chi connectivity index (χ1) is 11.7. The zero-order valence-electron chi connectivity index (χ0n) is 14.7. The molecule has 1 saturated heterocycles. The first-order valence-electron chi connectivity index (χ1n) is 8.87. The minimum absolute atomic E-state index is 0.170. The SMILES string of the molecule is COCCN1CCCN(C(=O)[C@H]2C[C@H]2c2ccc(OC)cc2)CC1. The highest BCUT2D eigenvalue weighted by atomic mass is 16.5. The zero-order chi connectivity index (χ0) is 16.9. The van der Waals surface area contributed by atoms with Gasteiger partial charge in [-0.05, 0) is 43.0 Å². The third-order valence-electron chi connectivity index (χ3n) is 5.16. The molecule has 5 nitrogen and oxygen atoms in total. The fourth-order valence-electron chi connectivity index (χ4n) is 3.56. The van der Waals surface area contributed by atoms with E-state index in [0.29, 0.717) is 11.8 Å². The Labute approximate surface area is 144 Å². The van der Waals surface area contributed by atoms with Gasteiger partial charge in [-0.25, -0.2) is 0 Å². The van der Waals surface area contributed by atoms with Crippen molar-refractivity contribution in [1.82, 2.24) is 9.80 Å². The van der Waals surface area contributed by atoms with E-state index in [0.717, 1.165) is 57.9 Å². The number of carbonyl (C=O) groups is 1. The summed E-state index contributed by atoms with van der Waals surface area (Å²) in [7, 11) is 3.41. The number of rotatable bonds is 6. The fraction of sp³-hybridized carbons (Fsp3) is 0.632. The zero-order valence-corrected chi connectivity index (χ0v) is 14.7. The molecule has 0 N–H and O–H groups in total. The van der Waals surface area contributed by atoms with Gasteiger partial charge in [0.2, 0.25) is 5.91 Å². The molecule has 1 amide bonds. The molecule has 1 heterocycles. The van der Waals surface area contributed by atoms with Crippen LogP contribution in [0, 0.1) is 5.92 Å². The second-order valence-electron chi connectivity index (χ2n) is 6.74. The number of benzene rings is 1. The van der Waals surface area contributed by atoms with Crippen LogP contribution in [0.1, 0.15) is 24.3 Å². The van der Waals surface area contributed by atoms with E-state index >= 15 is 0 Å². The Morgan fingerprint density at radius 1 is 1.12 bits per heavy atom. The highest BCUT2D eigenvalue weighted by Gasteiger charge is 2.45. The third kappa shape index (κ3) is 4.08. The van der Waals surface area contributed by atoms with Crippen LogP contribution in [0.4, 0.5) is 0 Å². The molecule has 2 aliphatic rings. The summed E-state index contributed by atoms with van der Waals surface area (Å²) in [6, 6.07) is 8.14. The number of nitrogens with zero attached hydrogens (tertiary/aromatic N) is 2. The standard InChI is InChI=1S/C19H28N2O3/c1-23-13-12-20-8-3-9-21(11-10-20)19(22)18-14-17(18)15-4-6-16(24-2)7-5-15/h4-7,17-18H,3,8-14H2,1-2H3/t17-,18-/m0/s1. The molecule has 1 aromatic carbocycles. The van der Waals surface area contributed by atoms with Crippen molar-refractivity contribution in [2.24, 2.45) is 5.92 Å². The molecular weight excluding hydrogens is 304 g/mol. The monoisotopic (exact) mass is 332 g/mol. The third-order valence-corrected chi connectivity index (χ3v) is 5.16. The van der Waals surface area contributed by atoms with Gasteiger partial charge in [0, 0.05) is 39.2 Å². The van der Waals surface area contributed by atoms with Crippen molar-refractivity contribution in [3.63, 3.8) is 0 Å². The molecule has 0 spiro atoms. The maximum atomic E-state index is 12.8. The molecule has 1 aliphatic carbocycles. The van der Waals surface area contributed by atoms with Crippen LogP contribution in [0.15, 0.2) is 24.3 Å². The molecule has 0 aromatic heterocycles. The summed E-state index contributed by atoms with van der Waals surface area (Å²) in [5.74, 6) is 1.76. The van der Waals surface area contributed by atoms with Gasteiger partial charge in [0.15, 0.2) is 0 Å². The predicted octanol–water partition coefficient (Wildman–Crippen LogP) is 1.98. The quantitative estimate of drug-likeness (QED) is 0.799. The van der Waals surface area contributed by atoms with Crippen molar-refractivity contribution in [2.45, 2.75) is 18.8 Å². The normalized spacial score (nSPS) is 24.5. The average molecular weight is 332 g/mol. The van der Waals surface area contributed by atoms with E-state index in [-0.39, 0.29) is 5.92 Å². The highest BCUT2D eigenvalue weighted by Crippen LogP contribution is 2.48. The summed E-state index contributed by atoms with van der Waals surface area (Å²) in [5.41, 5.74) is 1.26. The summed E-state index contributed by atoms with van der Waals surface area (Å²) in [6.07, 6.45) is 2.03. The molecule has 1 saturated carbocycles. The smallest absolute Gasteiger partial charge is 0.226 e. The van der Waals surface area contributed by atoms with Gasteiger partial charge >= 0.3 is 0 Å². The Hall–Kier alpha value is -1.59. The van der Waals surface area contributed by atoms with Crippen molar-refractivity contribution in [2.75, 3.05) is 53.6 Å². The Morgan fingerprint density at radius 2 is 1.92 bits per heavy atom.